The van der Waals surface area contributed by atoms with Crippen molar-refractivity contribution >= 4 is 11.6 Å². The van der Waals surface area contributed by atoms with E-state index in [1.807, 2.05) is 67.6 Å². The minimum atomic E-state index is 0.0298. The molecule has 2 aromatic carbocycles. The molecule has 2 heteroatoms. The highest BCUT2D eigenvalue weighted by molar-refractivity contribution is 5.96. The topological polar surface area (TPSA) is 20.3 Å². The van der Waals surface area contributed by atoms with E-state index in [0.717, 1.165) is 17.7 Å². The lowest BCUT2D eigenvalue weighted by Crippen LogP contribution is -2.25. The maximum Gasteiger partial charge on any atom is 0.238 e. The first-order chi connectivity index (χ1) is 9.81. The summed E-state index contributed by atoms with van der Waals surface area (Å²) in [4.78, 5) is 13.7. The molecule has 0 unspecified atom stereocenters. The molecule has 2 rings (SSSR count). The SMILES string of the molecule is CCCC(=O)N(C#Cc1ccccc1)c1ccccc1. The standard InChI is InChI=1S/C18H17NO/c1-2-9-18(20)19(17-12-7-4-8-13-17)15-14-16-10-5-3-6-11-16/h3-8,10-13H,2,9H2,1H3. The number of anilines is 1. The van der Waals surface area contributed by atoms with E-state index in [1.54, 1.807) is 0 Å². The molecule has 2 nitrogen and oxygen atoms in total. The minimum absolute atomic E-state index is 0.0298. The Hall–Kier alpha value is -2.53. The van der Waals surface area contributed by atoms with Gasteiger partial charge in [-0.3, -0.25) is 4.79 Å². The summed E-state index contributed by atoms with van der Waals surface area (Å²) in [6.07, 6.45) is 1.31. The van der Waals surface area contributed by atoms with E-state index in [2.05, 4.69) is 12.0 Å². The number of rotatable bonds is 3. The predicted octanol–water partition coefficient (Wildman–Crippen LogP) is 3.83. The van der Waals surface area contributed by atoms with E-state index >= 15 is 0 Å². The molecule has 100 valence electrons. The van der Waals surface area contributed by atoms with Gasteiger partial charge < -0.3 is 0 Å². The van der Waals surface area contributed by atoms with Crippen LogP contribution in [0.4, 0.5) is 5.69 Å². The number of hydrogen-bond donors (Lipinski definition) is 0. The van der Waals surface area contributed by atoms with Crippen molar-refractivity contribution in [1.29, 1.82) is 0 Å². The lowest BCUT2D eigenvalue weighted by molar-refractivity contribution is -0.117. The van der Waals surface area contributed by atoms with Gasteiger partial charge in [0.05, 0.1) is 5.69 Å². The van der Waals surface area contributed by atoms with Gasteiger partial charge in [0, 0.05) is 18.0 Å². The van der Waals surface area contributed by atoms with E-state index in [1.165, 1.54) is 4.90 Å². The van der Waals surface area contributed by atoms with Crippen molar-refractivity contribution < 1.29 is 4.79 Å². The number of amides is 1. The van der Waals surface area contributed by atoms with Crippen molar-refractivity contribution in [1.82, 2.24) is 0 Å². The Bertz CT molecular complexity index is 608. The average molecular weight is 263 g/mol. The molecule has 0 saturated heterocycles. The molecule has 20 heavy (non-hydrogen) atoms. The summed E-state index contributed by atoms with van der Waals surface area (Å²) in [5.41, 5.74) is 1.71. The van der Waals surface area contributed by atoms with Crippen LogP contribution in [0.1, 0.15) is 25.3 Å². The molecule has 0 aromatic heterocycles. The number of benzene rings is 2. The zero-order chi connectivity index (χ0) is 14.2. The largest absolute Gasteiger partial charge is 0.273 e. The van der Waals surface area contributed by atoms with Gasteiger partial charge in [0.25, 0.3) is 0 Å². The first-order valence-electron chi connectivity index (χ1n) is 6.76. The van der Waals surface area contributed by atoms with Gasteiger partial charge in [0.2, 0.25) is 5.91 Å². The summed E-state index contributed by atoms with van der Waals surface area (Å²) >= 11 is 0. The third-order valence-corrected chi connectivity index (χ3v) is 2.81. The Morgan fingerprint density at radius 2 is 1.60 bits per heavy atom. The highest BCUT2D eigenvalue weighted by Crippen LogP contribution is 2.14. The molecule has 0 aliphatic rings. The van der Waals surface area contributed by atoms with Gasteiger partial charge in [-0.15, -0.1) is 0 Å². The van der Waals surface area contributed by atoms with Gasteiger partial charge in [-0.25, -0.2) is 4.90 Å². The van der Waals surface area contributed by atoms with E-state index in [0.29, 0.717) is 6.42 Å². The second-order valence-corrected chi connectivity index (χ2v) is 4.42. The Morgan fingerprint density at radius 1 is 1.00 bits per heavy atom. The molecule has 0 atom stereocenters. The molecule has 0 radical (unpaired) electrons. The highest BCUT2D eigenvalue weighted by atomic mass is 16.2. The van der Waals surface area contributed by atoms with Gasteiger partial charge in [-0.2, -0.15) is 0 Å². The predicted molar refractivity (Wildman–Crippen MR) is 82.2 cm³/mol. The fourth-order valence-electron chi connectivity index (χ4n) is 1.82. The van der Waals surface area contributed by atoms with Crippen LogP contribution in [0.25, 0.3) is 0 Å². The smallest absolute Gasteiger partial charge is 0.238 e. The zero-order valence-corrected chi connectivity index (χ0v) is 11.5. The average Bonchev–Trinajstić information content (AvgIpc) is 2.50. The molecule has 0 N–H and O–H groups in total. The third kappa shape index (κ3) is 3.73. The minimum Gasteiger partial charge on any atom is -0.273 e. The summed E-state index contributed by atoms with van der Waals surface area (Å²) in [5, 5.41) is 0. The number of para-hydroxylation sites is 1. The maximum atomic E-state index is 12.2. The van der Waals surface area contributed by atoms with E-state index in [-0.39, 0.29) is 5.91 Å². The summed E-state index contributed by atoms with van der Waals surface area (Å²) in [7, 11) is 0. The van der Waals surface area contributed by atoms with Crippen molar-refractivity contribution in [2.45, 2.75) is 19.8 Å². The molecule has 0 aliphatic carbocycles. The molecule has 1 amide bonds. The van der Waals surface area contributed by atoms with Crippen LogP contribution in [0.15, 0.2) is 60.7 Å². The lowest BCUT2D eigenvalue weighted by atomic mass is 10.2. The van der Waals surface area contributed by atoms with Gasteiger partial charge >= 0.3 is 0 Å². The van der Waals surface area contributed by atoms with Crippen molar-refractivity contribution in [3.8, 4) is 12.0 Å². The van der Waals surface area contributed by atoms with Gasteiger partial charge in [0.1, 0.15) is 0 Å². The molecule has 0 fully saturated rings. The van der Waals surface area contributed by atoms with Gasteiger partial charge in [-0.05, 0) is 36.6 Å². The summed E-state index contributed by atoms with van der Waals surface area (Å²) < 4.78 is 0. The first kappa shape index (κ1) is 13.9. The zero-order valence-electron chi connectivity index (χ0n) is 11.5. The fourth-order valence-corrected chi connectivity index (χ4v) is 1.82. The van der Waals surface area contributed by atoms with Crippen LogP contribution in [0.5, 0.6) is 0 Å². The summed E-state index contributed by atoms with van der Waals surface area (Å²) in [6.45, 7) is 1.99. The van der Waals surface area contributed by atoms with Gasteiger partial charge in [-0.1, -0.05) is 43.3 Å². The van der Waals surface area contributed by atoms with E-state index < -0.39 is 0 Å². The van der Waals surface area contributed by atoms with Crippen molar-refractivity contribution in [2.75, 3.05) is 4.90 Å². The van der Waals surface area contributed by atoms with Crippen LogP contribution in [-0.4, -0.2) is 5.91 Å². The molecule has 2 aromatic rings. The summed E-state index contributed by atoms with van der Waals surface area (Å²) in [6, 6.07) is 22.2. The van der Waals surface area contributed by atoms with E-state index in [9.17, 15) is 4.79 Å². The third-order valence-electron chi connectivity index (χ3n) is 2.81. The van der Waals surface area contributed by atoms with Crippen LogP contribution < -0.4 is 4.90 Å². The second-order valence-electron chi connectivity index (χ2n) is 4.42. The quantitative estimate of drug-likeness (QED) is 0.609. The maximum absolute atomic E-state index is 12.2. The number of hydrogen-bond acceptors (Lipinski definition) is 1. The Kier molecular flexibility index (Phi) is 4.97. The Labute approximate surface area is 120 Å². The fraction of sp³-hybridized carbons (Fsp3) is 0.167. The molecule has 0 spiro atoms. The number of carbonyl (C=O) groups excluding carboxylic acids is 1. The molecule has 0 aliphatic heterocycles. The monoisotopic (exact) mass is 263 g/mol. The van der Waals surface area contributed by atoms with Crippen molar-refractivity contribution in [3.05, 3.63) is 66.2 Å². The van der Waals surface area contributed by atoms with Crippen LogP contribution in [-0.2, 0) is 4.79 Å². The van der Waals surface area contributed by atoms with Crippen LogP contribution in [0, 0.1) is 12.0 Å². The first-order valence-corrected chi connectivity index (χ1v) is 6.76. The van der Waals surface area contributed by atoms with Crippen LogP contribution >= 0.6 is 0 Å². The second kappa shape index (κ2) is 7.16. The molecule has 0 saturated carbocycles. The summed E-state index contributed by atoms with van der Waals surface area (Å²) in [5.74, 6) is 3.07. The van der Waals surface area contributed by atoms with Gasteiger partial charge in [0.15, 0.2) is 0 Å². The molecule has 0 bridgehead atoms. The Balaban J connectivity index is 2.29. The highest BCUT2D eigenvalue weighted by Gasteiger charge is 2.11. The lowest BCUT2D eigenvalue weighted by Gasteiger charge is -2.15. The number of nitrogens with zero attached hydrogens (tertiary/aromatic N) is 1. The number of carbonyl (C=O) groups is 1. The normalized spacial score (nSPS) is 9.45. The van der Waals surface area contributed by atoms with E-state index in [4.69, 9.17) is 0 Å². The van der Waals surface area contributed by atoms with Crippen LogP contribution in [0.3, 0.4) is 0 Å². The molecular formula is C18H17NO. The van der Waals surface area contributed by atoms with Crippen molar-refractivity contribution in [2.24, 2.45) is 0 Å². The Morgan fingerprint density at radius 3 is 2.20 bits per heavy atom. The molecular weight excluding hydrogens is 246 g/mol. The van der Waals surface area contributed by atoms with Crippen molar-refractivity contribution in [3.63, 3.8) is 0 Å². The molecule has 0 heterocycles. The van der Waals surface area contributed by atoms with Crippen LogP contribution in [0.2, 0.25) is 0 Å².